The standard InChI is InChI=1S/C31H31F3N2O6/c1-5-24(29(42-35)26-13-8-7-12-25(26)27(19-38-3)30(37)39-4)28(36-40-6-2)20-14-16-22(17-15-20)41-23-11-9-10-21(18-23)31(32,33)34/h7-19H,5-6,35H2,1-4H3. The number of allylic oxidation sites excluding steroid dienone is 1. The third kappa shape index (κ3) is 7.70. The first kappa shape index (κ1) is 31.8. The maximum atomic E-state index is 13.1. The van der Waals surface area contributed by atoms with Crippen molar-refractivity contribution in [2.75, 3.05) is 20.8 Å². The first-order valence-corrected chi connectivity index (χ1v) is 12.8. The first-order valence-electron chi connectivity index (χ1n) is 12.8. The molecule has 0 heterocycles. The number of carbonyl (C=O) groups excluding carboxylic acids is 1. The minimum Gasteiger partial charge on any atom is -0.503 e. The van der Waals surface area contributed by atoms with E-state index in [2.05, 4.69) is 5.16 Å². The Balaban J connectivity index is 2.09. The zero-order valence-electron chi connectivity index (χ0n) is 23.5. The lowest BCUT2D eigenvalue weighted by molar-refractivity contribution is -0.137. The molecule has 0 unspecified atom stereocenters. The van der Waals surface area contributed by atoms with Crippen molar-refractivity contribution in [1.29, 1.82) is 0 Å². The van der Waals surface area contributed by atoms with Crippen molar-refractivity contribution >= 4 is 23.0 Å². The summed E-state index contributed by atoms with van der Waals surface area (Å²) in [7, 11) is 2.67. The van der Waals surface area contributed by atoms with E-state index < -0.39 is 17.7 Å². The molecule has 0 saturated carbocycles. The lowest BCUT2D eigenvalue weighted by Gasteiger charge is -2.18. The number of nitrogens with zero attached hydrogens (tertiary/aromatic N) is 1. The molecule has 3 aromatic rings. The van der Waals surface area contributed by atoms with Gasteiger partial charge in [0.25, 0.3) is 0 Å². The molecule has 0 bridgehead atoms. The predicted octanol–water partition coefficient (Wildman–Crippen LogP) is 7.11. The zero-order chi connectivity index (χ0) is 30.7. The van der Waals surface area contributed by atoms with Crippen LogP contribution in [-0.4, -0.2) is 32.5 Å². The number of nitrogens with two attached hydrogens (primary N) is 1. The molecule has 0 aliphatic heterocycles. The van der Waals surface area contributed by atoms with Crippen LogP contribution in [0.2, 0.25) is 0 Å². The Morgan fingerprint density at radius 3 is 2.19 bits per heavy atom. The van der Waals surface area contributed by atoms with Crippen LogP contribution in [-0.2, 0) is 30.1 Å². The number of hydrogen-bond acceptors (Lipinski definition) is 8. The Hall–Kier alpha value is -4.77. The Morgan fingerprint density at radius 2 is 1.62 bits per heavy atom. The highest BCUT2D eigenvalue weighted by atomic mass is 19.4. The molecule has 0 saturated heterocycles. The fourth-order valence-electron chi connectivity index (χ4n) is 4.06. The second kappa shape index (κ2) is 14.7. The number of ether oxygens (including phenoxy) is 3. The second-order valence-corrected chi connectivity index (χ2v) is 8.59. The highest BCUT2D eigenvalue weighted by Crippen LogP contribution is 2.34. The number of rotatable bonds is 12. The lowest BCUT2D eigenvalue weighted by atomic mass is 9.92. The van der Waals surface area contributed by atoms with Crippen molar-refractivity contribution in [2.24, 2.45) is 11.1 Å². The number of hydrogen-bond donors (Lipinski definition) is 1. The summed E-state index contributed by atoms with van der Waals surface area (Å²) in [6.45, 7) is 3.92. The Kier molecular flexibility index (Phi) is 11.1. The van der Waals surface area contributed by atoms with Crippen LogP contribution in [0.15, 0.2) is 89.8 Å². The molecule has 0 radical (unpaired) electrons. The van der Waals surface area contributed by atoms with E-state index in [9.17, 15) is 18.0 Å². The van der Waals surface area contributed by atoms with Gasteiger partial charge in [0.2, 0.25) is 0 Å². The van der Waals surface area contributed by atoms with Crippen molar-refractivity contribution in [3.8, 4) is 11.5 Å². The monoisotopic (exact) mass is 584 g/mol. The second-order valence-electron chi connectivity index (χ2n) is 8.59. The number of methoxy groups -OCH3 is 2. The molecule has 0 aromatic heterocycles. The summed E-state index contributed by atoms with van der Waals surface area (Å²) in [5.74, 6) is 5.75. The molecule has 0 aliphatic rings. The number of benzene rings is 3. The molecule has 0 amide bonds. The van der Waals surface area contributed by atoms with Gasteiger partial charge in [-0.25, -0.2) is 4.79 Å². The fourth-order valence-corrected chi connectivity index (χ4v) is 4.06. The fraction of sp³-hybridized carbons (Fsp3) is 0.226. The smallest absolute Gasteiger partial charge is 0.416 e. The van der Waals surface area contributed by atoms with Gasteiger partial charge in [0.05, 0.1) is 26.0 Å². The lowest BCUT2D eigenvalue weighted by Crippen LogP contribution is -2.14. The quantitative estimate of drug-likeness (QED) is 0.0796. The van der Waals surface area contributed by atoms with Gasteiger partial charge in [-0.1, -0.05) is 42.4 Å². The van der Waals surface area contributed by atoms with Gasteiger partial charge >= 0.3 is 12.1 Å². The van der Waals surface area contributed by atoms with Gasteiger partial charge in [-0.15, -0.1) is 0 Å². The van der Waals surface area contributed by atoms with Gasteiger partial charge in [0.1, 0.15) is 29.4 Å². The number of oxime groups is 1. The minimum absolute atomic E-state index is 0.0378. The summed E-state index contributed by atoms with van der Waals surface area (Å²) < 4.78 is 55.0. The summed E-state index contributed by atoms with van der Waals surface area (Å²) in [6.07, 6.45) is -2.84. The Bertz CT molecular complexity index is 1460. The largest absolute Gasteiger partial charge is 0.503 e. The van der Waals surface area contributed by atoms with Gasteiger partial charge in [0.15, 0.2) is 5.76 Å². The summed E-state index contributed by atoms with van der Waals surface area (Å²) in [5, 5.41) is 4.32. The molecule has 0 fully saturated rings. The van der Waals surface area contributed by atoms with Gasteiger partial charge in [0, 0.05) is 22.3 Å². The molecule has 3 aromatic carbocycles. The van der Waals surface area contributed by atoms with E-state index in [1.54, 1.807) is 55.5 Å². The zero-order valence-corrected chi connectivity index (χ0v) is 23.5. The van der Waals surface area contributed by atoms with Crippen LogP contribution in [0.4, 0.5) is 13.2 Å². The van der Waals surface area contributed by atoms with E-state index in [1.807, 2.05) is 6.92 Å². The molecule has 8 nitrogen and oxygen atoms in total. The van der Waals surface area contributed by atoms with Crippen LogP contribution < -0.4 is 10.6 Å². The van der Waals surface area contributed by atoms with Gasteiger partial charge < -0.3 is 23.9 Å². The van der Waals surface area contributed by atoms with E-state index >= 15 is 0 Å². The summed E-state index contributed by atoms with van der Waals surface area (Å²) >= 11 is 0. The Labute approximate surface area is 241 Å². The molecule has 3 rings (SSSR count). The van der Waals surface area contributed by atoms with Crippen molar-refractivity contribution in [1.82, 2.24) is 0 Å². The number of alkyl halides is 3. The van der Waals surface area contributed by atoms with Crippen LogP contribution >= 0.6 is 0 Å². The predicted molar refractivity (Wildman–Crippen MR) is 152 cm³/mol. The molecule has 42 heavy (non-hydrogen) atoms. The molecule has 222 valence electrons. The third-order valence-electron chi connectivity index (χ3n) is 5.94. The molecular weight excluding hydrogens is 553 g/mol. The van der Waals surface area contributed by atoms with Crippen molar-refractivity contribution in [3.05, 3.63) is 107 Å². The van der Waals surface area contributed by atoms with Gasteiger partial charge in [-0.3, -0.25) is 0 Å². The molecule has 11 heteroatoms. The van der Waals surface area contributed by atoms with Crippen molar-refractivity contribution in [3.63, 3.8) is 0 Å². The van der Waals surface area contributed by atoms with E-state index in [4.69, 9.17) is 29.8 Å². The van der Waals surface area contributed by atoms with Gasteiger partial charge in [-0.05, 0) is 55.8 Å². The molecule has 0 spiro atoms. The van der Waals surface area contributed by atoms with Crippen LogP contribution in [0.3, 0.4) is 0 Å². The summed E-state index contributed by atoms with van der Waals surface area (Å²) in [5.41, 5.74) is 1.76. The van der Waals surface area contributed by atoms with Gasteiger partial charge in [-0.2, -0.15) is 19.1 Å². The van der Waals surface area contributed by atoms with E-state index in [-0.39, 0.29) is 23.7 Å². The highest BCUT2D eigenvalue weighted by molar-refractivity contribution is 6.19. The van der Waals surface area contributed by atoms with Crippen molar-refractivity contribution < 1.29 is 41.9 Å². The van der Waals surface area contributed by atoms with Crippen LogP contribution in [0.1, 0.15) is 42.5 Å². The summed E-state index contributed by atoms with van der Waals surface area (Å²) in [4.78, 5) is 23.4. The first-order chi connectivity index (χ1) is 20.2. The number of carbonyl (C=O) groups is 1. The van der Waals surface area contributed by atoms with Crippen LogP contribution in [0.5, 0.6) is 11.5 Å². The highest BCUT2D eigenvalue weighted by Gasteiger charge is 2.30. The SMILES string of the molecule is CCON=C(C(CC)=C(ON)c1ccccc1C(=COC)C(=O)OC)c1ccc(Oc2cccc(C(F)(F)F)c2)cc1. The third-order valence-corrected chi connectivity index (χ3v) is 5.94. The number of halogens is 3. The molecule has 2 N–H and O–H groups in total. The molecular formula is C31H31F3N2O6. The van der Waals surface area contributed by atoms with Crippen LogP contribution in [0, 0.1) is 0 Å². The van der Waals surface area contributed by atoms with E-state index in [0.717, 1.165) is 12.1 Å². The topological polar surface area (TPSA) is 102 Å². The van der Waals surface area contributed by atoms with E-state index in [1.165, 1.54) is 32.6 Å². The molecule has 0 atom stereocenters. The Morgan fingerprint density at radius 1 is 0.929 bits per heavy atom. The summed E-state index contributed by atoms with van der Waals surface area (Å²) in [6, 6.07) is 18.1. The van der Waals surface area contributed by atoms with E-state index in [0.29, 0.717) is 40.1 Å². The maximum Gasteiger partial charge on any atom is 0.416 e. The van der Waals surface area contributed by atoms with Crippen molar-refractivity contribution in [2.45, 2.75) is 26.4 Å². The number of esters is 1. The van der Waals surface area contributed by atoms with Crippen LogP contribution in [0.25, 0.3) is 11.3 Å². The average Bonchev–Trinajstić information content (AvgIpc) is 2.99. The maximum absolute atomic E-state index is 13.1. The average molecular weight is 585 g/mol. The minimum atomic E-state index is -4.49. The normalized spacial score (nSPS) is 12.8. The molecule has 0 aliphatic carbocycles.